The highest BCUT2D eigenvalue weighted by Crippen LogP contribution is 1.97. The Kier molecular flexibility index (Phi) is 5.16. The Hall–Kier alpha value is -1.24. The molecule has 0 rings (SSSR count). The fraction of sp³-hybridized carbons (Fsp3) is 0.111. The molecule has 0 aromatic heterocycles. The van der Waals surface area contributed by atoms with E-state index in [4.69, 9.17) is 5.73 Å². The maximum absolute atomic E-state index is 5.20. The first-order chi connectivity index (χ1) is 4.85. The van der Waals surface area contributed by atoms with Crippen LogP contribution in [0.1, 0.15) is 6.92 Å². The molecule has 0 spiro atoms. The average Bonchev–Trinajstić information content (AvgIpc) is 1.90. The van der Waals surface area contributed by atoms with Gasteiger partial charge in [0.1, 0.15) is 0 Å². The summed E-state index contributed by atoms with van der Waals surface area (Å²) in [6.07, 6.45) is 10.9. The molecular formula is C9H13N. The van der Waals surface area contributed by atoms with Crippen molar-refractivity contribution in [3.05, 3.63) is 48.7 Å². The molecule has 0 unspecified atom stereocenters. The number of hydrogen-bond acceptors (Lipinski definition) is 1. The van der Waals surface area contributed by atoms with E-state index in [2.05, 4.69) is 6.58 Å². The minimum absolute atomic E-state index is 1.06. The predicted molar refractivity (Wildman–Crippen MR) is 46.4 cm³/mol. The third kappa shape index (κ3) is 3.72. The van der Waals surface area contributed by atoms with Crippen LogP contribution in [0, 0.1) is 0 Å². The second kappa shape index (κ2) is 5.89. The van der Waals surface area contributed by atoms with Crippen LogP contribution in [0.2, 0.25) is 0 Å². The van der Waals surface area contributed by atoms with E-state index in [1.165, 1.54) is 6.20 Å². The van der Waals surface area contributed by atoms with Crippen LogP contribution < -0.4 is 5.73 Å². The molecule has 1 heteroatoms. The standard InChI is InChI=1S/C9H13N/c1-3-5-9(6-4-2)7-8-10/h3-8H,1,10H2,2H3/b6-4+,8-7-,9-5-. The van der Waals surface area contributed by atoms with Gasteiger partial charge in [-0.1, -0.05) is 30.9 Å². The van der Waals surface area contributed by atoms with Crippen molar-refractivity contribution in [2.24, 2.45) is 5.73 Å². The smallest absolute Gasteiger partial charge is 0.00564 e. The molecular weight excluding hydrogens is 122 g/mol. The van der Waals surface area contributed by atoms with E-state index in [0.29, 0.717) is 0 Å². The first-order valence-electron chi connectivity index (χ1n) is 3.18. The van der Waals surface area contributed by atoms with Crippen molar-refractivity contribution in [1.82, 2.24) is 0 Å². The van der Waals surface area contributed by atoms with Crippen LogP contribution in [0.15, 0.2) is 48.7 Å². The molecule has 0 aromatic carbocycles. The van der Waals surface area contributed by atoms with E-state index in [1.807, 2.05) is 31.2 Å². The minimum Gasteiger partial charge on any atom is -0.405 e. The van der Waals surface area contributed by atoms with Gasteiger partial charge in [0.25, 0.3) is 0 Å². The fourth-order valence-electron chi connectivity index (χ4n) is 0.606. The molecule has 0 bridgehead atoms. The number of allylic oxidation sites excluding steroid dienone is 6. The van der Waals surface area contributed by atoms with Crippen LogP contribution in [0.5, 0.6) is 0 Å². The van der Waals surface area contributed by atoms with Crippen LogP contribution in [0.4, 0.5) is 0 Å². The van der Waals surface area contributed by atoms with E-state index in [1.54, 1.807) is 6.08 Å². The lowest BCUT2D eigenvalue weighted by Crippen LogP contribution is -1.77. The summed E-state index contributed by atoms with van der Waals surface area (Å²) in [5, 5.41) is 0. The molecule has 0 aliphatic rings. The van der Waals surface area contributed by atoms with Crippen molar-refractivity contribution in [3.63, 3.8) is 0 Å². The van der Waals surface area contributed by atoms with Crippen molar-refractivity contribution in [1.29, 1.82) is 0 Å². The van der Waals surface area contributed by atoms with Crippen LogP contribution in [-0.2, 0) is 0 Å². The lowest BCUT2D eigenvalue weighted by atomic mass is 10.2. The normalized spacial score (nSPS) is 13.1. The maximum Gasteiger partial charge on any atom is -0.00564 e. The molecule has 0 radical (unpaired) electrons. The van der Waals surface area contributed by atoms with E-state index < -0.39 is 0 Å². The quantitative estimate of drug-likeness (QED) is 0.589. The summed E-state index contributed by atoms with van der Waals surface area (Å²) in [4.78, 5) is 0. The fourth-order valence-corrected chi connectivity index (χ4v) is 0.606. The largest absolute Gasteiger partial charge is 0.405 e. The molecule has 1 nitrogen and oxygen atoms in total. The highest BCUT2D eigenvalue weighted by molar-refractivity contribution is 5.32. The Balaban J connectivity index is 4.25. The molecule has 0 heterocycles. The third-order valence-electron chi connectivity index (χ3n) is 0.958. The molecule has 10 heavy (non-hydrogen) atoms. The van der Waals surface area contributed by atoms with Gasteiger partial charge in [-0.25, -0.2) is 0 Å². The second-order valence-electron chi connectivity index (χ2n) is 1.76. The predicted octanol–water partition coefficient (Wildman–Crippen LogP) is 2.15. The first-order valence-corrected chi connectivity index (χ1v) is 3.18. The SMILES string of the molecule is C=C/C=C(\C=C/N)/C=C/C. The zero-order chi connectivity index (χ0) is 7.82. The number of rotatable bonds is 3. The van der Waals surface area contributed by atoms with Gasteiger partial charge in [-0.05, 0) is 24.8 Å². The Bertz CT molecular complexity index is 159. The molecule has 0 aliphatic heterocycles. The summed E-state index contributed by atoms with van der Waals surface area (Å²) in [6.45, 7) is 5.54. The number of hydrogen-bond donors (Lipinski definition) is 1. The van der Waals surface area contributed by atoms with Crippen LogP contribution in [0.25, 0.3) is 0 Å². The summed E-state index contributed by atoms with van der Waals surface area (Å²) < 4.78 is 0. The van der Waals surface area contributed by atoms with E-state index in [-0.39, 0.29) is 0 Å². The van der Waals surface area contributed by atoms with Crippen LogP contribution in [0.3, 0.4) is 0 Å². The molecule has 0 atom stereocenters. The monoisotopic (exact) mass is 135 g/mol. The van der Waals surface area contributed by atoms with Crippen molar-refractivity contribution in [2.75, 3.05) is 0 Å². The summed E-state index contributed by atoms with van der Waals surface area (Å²) >= 11 is 0. The molecule has 0 aliphatic carbocycles. The second-order valence-corrected chi connectivity index (χ2v) is 1.76. The molecule has 54 valence electrons. The van der Waals surface area contributed by atoms with Crippen molar-refractivity contribution < 1.29 is 0 Å². The maximum atomic E-state index is 5.20. The van der Waals surface area contributed by atoms with Gasteiger partial charge in [0.15, 0.2) is 0 Å². The Labute approximate surface area is 62.2 Å². The molecule has 0 fully saturated rings. The summed E-state index contributed by atoms with van der Waals surface area (Å²) in [5.41, 5.74) is 6.26. The zero-order valence-corrected chi connectivity index (χ0v) is 6.25. The molecule has 0 aromatic rings. The van der Waals surface area contributed by atoms with Gasteiger partial charge in [0, 0.05) is 0 Å². The lowest BCUT2D eigenvalue weighted by molar-refractivity contribution is 1.55. The topological polar surface area (TPSA) is 26.0 Å². The minimum atomic E-state index is 1.06. The van der Waals surface area contributed by atoms with Crippen LogP contribution in [-0.4, -0.2) is 0 Å². The first kappa shape index (κ1) is 8.76. The van der Waals surface area contributed by atoms with Crippen LogP contribution >= 0.6 is 0 Å². The number of nitrogens with two attached hydrogens (primary N) is 1. The molecule has 0 saturated carbocycles. The molecule has 0 saturated heterocycles. The van der Waals surface area contributed by atoms with E-state index in [9.17, 15) is 0 Å². The summed E-state index contributed by atoms with van der Waals surface area (Å²) in [7, 11) is 0. The van der Waals surface area contributed by atoms with Crippen molar-refractivity contribution >= 4 is 0 Å². The van der Waals surface area contributed by atoms with Gasteiger partial charge in [0.2, 0.25) is 0 Å². The van der Waals surface area contributed by atoms with Gasteiger partial charge >= 0.3 is 0 Å². The Morgan fingerprint density at radius 2 is 2.10 bits per heavy atom. The summed E-state index contributed by atoms with van der Waals surface area (Å²) in [6, 6.07) is 0. The van der Waals surface area contributed by atoms with E-state index >= 15 is 0 Å². The Morgan fingerprint density at radius 1 is 1.40 bits per heavy atom. The summed E-state index contributed by atoms with van der Waals surface area (Å²) in [5.74, 6) is 0. The third-order valence-corrected chi connectivity index (χ3v) is 0.958. The van der Waals surface area contributed by atoms with Gasteiger partial charge in [0.05, 0.1) is 0 Å². The van der Waals surface area contributed by atoms with Crippen molar-refractivity contribution in [2.45, 2.75) is 6.92 Å². The lowest BCUT2D eigenvalue weighted by Gasteiger charge is -1.87. The zero-order valence-electron chi connectivity index (χ0n) is 6.25. The highest BCUT2D eigenvalue weighted by Gasteiger charge is 1.78. The van der Waals surface area contributed by atoms with Gasteiger partial charge in [-0.2, -0.15) is 0 Å². The highest BCUT2D eigenvalue weighted by atomic mass is 14.5. The van der Waals surface area contributed by atoms with E-state index in [0.717, 1.165) is 5.57 Å². The molecule has 2 N–H and O–H groups in total. The van der Waals surface area contributed by atoms with Gasteiger partial charge in [-0.15, -0.1) is 0 Å². The van der Waals surface area contributed by atoms with Crippen molar-refractivity contribution in [3.8, 4) is 0 Å². The van der Waals surface area contributed by atoms with Gasteiger partial charge in [-0.3, -0.25) is 0 Å². The van der Waals surface area contributed by atoms with Gasteiger partial charge < -0.3 is 5.73 Å². The average molecular weight is 135 g/mol. The Morgan fingerprint density at radius 3 is 2.50 bits per heavy atom. The molecule has 0 amide bonds.